The van der Waals surface area contributed by atoms with Crippen molar-refractivity contribution in [3.63, 3.8) is 0 Å². The van der Waals surface area contributed by atoms with Crippen molar-refractivity contribution in [2.45, 2.75) is 0 Å². The fourth-order valence-electron chi connectivity index (χ4n) is 0.694. The summed E-state index contributed by atoms with van der Waals surface area (Å²) in [6, 6.07) is 5.34. The highest BCUT2D eigenvalue weighted by Gasteiger charge is 1.98. The molecule has 0 aromatic heterocycles. The average molecular weight is 252 g/mol. The summed E-state index contributed by atoms with van der Waals surface area (Å²) in [6.07, 6.45) is 0. The van der Waals surface area contributed by atoms with Gasteiger partial charge >= 0.3 is 0 Å². The third-order valence-electron chi connectivity index (χ3n) is 1.23. The van der Waals surface area contributed by atoms with E-state index in [4.69, 9.17) is 21.1 Å². The minimum Gasteiger partial charge on any atom is -0.468 e. The van der Waals surface area contributed by atoms with Gasteiger partial charge in [-0.05, 0) is 34.1 Å². The van der Waals surface area contributed by atoms with E-state index in [1.54, 1.807) is 25.3 Å². The molecule has 2 nitrogen and oxygen atoms in total. The second-order valence-corrected chi connectivity index (χ2v) is 3.39. The molecule has 0 fully saturated rings. The summed E-state index contributed by atoms with van der Waals surface area (Å²) in [5.74, 6) is 0.730. The highest BCUT2D eigenvalue weighted by atomic mass is 79.9. The number of halogens is 2. The van der Waals surface area contributed by atoms with Gasteiger partial charge in [-0.1, -0.05) is 11.6 Å². The zero-order valence-electron chi connectivity index (χ0n) is 6.51. The first kappa shape index (κ1) is 9.84. The van der Waals surface area contributed by atoms with E-state index in [2.05, 4.69) is 15.9 Å². The molecule has 12 heavy (non-hydrogen) atoms. The molecule has 0 saturated heterocycles. The fraction of sp³-hybridized carbons (Fsp3) is 0.250. The van der Waals surface area contributed by atoms with Crippen LogP contribution in [-0.4, -0.2) is 13.9 Å². The molecule has 0 radical (unpaired) electrons. The summed E-state index contributed by atoms with van der Waals surface area (Å²) in [6.45, 7) is 0.244. The van der Waals surface area contributed by atoms with E-state index in [-0.39, 0.29) is 6.79 Å². The quantitative estimate of drug-likeness (QED) is 0.769. The Morgan fingerprint density at radius 3 is 2.83 bits per heavy atom. The van der Waals surface area contributed by atoms with E-state index < -0.39 is 0 Å². The maximum absolute atomic E-state index is 5.78. The van der Waals surface area contributed by atoms with Crippen LogP contribution in [0, 0.1) is 0 Å². The van der Waals surface area contributed by atoms with Crippen LogP contribution in [0.2, 0.25) is 5.02 Å². The monoisotopic (exact) mass is 250 g/mol. The minimum atomic E-state index is 0.244. The van der Waals surface area contributed by atoms with Crippen LogP contribution < -0.4 is 4.74 Å². The van der Waals surface area contributed by atoms with Crippen molar-refractivity contribution < 1.29 is 9.47 Å². The van der Waals surface area contributed by atoms with E-state index in [0.717, 1.165) is 10.2 Å². The topological polar surface area (TPSA) is 18.5 Å². The number of ether oxygens (including phenoxy) is 2. The molecular weight excluding hydrogens is 243 g/mol. The van der Waals surface area contributed by atoms with Gasteiger partial charge in [-0.3, -0.25) is 0 Å². The first-order valence-electron chi connectivity index (χ1n) is 3.31. The molecule has 0 spiro atoms. The first-order valence-corrected chi connectivity index (χ1v) is 4.48. The van der Waals surface area contributed by atoms with Crippen LogP contribution in [0.15, 0.2) is 22.7 Å². The lowest BCUT2D eigenvalue weighted by molar-refractivity contribution is 0.0511. The Bertz CT molecular complexity index is 265. The fourth-order valence-corrected chi connectivity index (χ4v) is 1.17. The maximum Gasteiger partial charge on any atom is 0.188 e. The van der Waals surface area contributed by atoms with Gasteiger partial charge in [0.25, 0.3) is 0 Å². The van der Waals surface area contributed by atoms with Gasteiger partial charge in [-0.2, -0.15) is 0 Å². The highest BCUT2D eigenvalue weighted by molar-refractivity contribution is 9.10. The average Bonchev–Trinajstić information content (AvgIpc) is 2.07. The molecule has 0 atom stereocenters. The molecule has 0 N–H and O–H groups in total. The summed E-state index contributed by atoms with van der Waals surface area (Å²) in [4.78, 5) is 0. The van der Waals surface area contributed by atoms with Crippen molar-refractivity contribution in [3.05, 3.63) is 27.7 Å². The van der Waals surface area contributed by atoms with Crippen LogP contribution in [0.1, 0.15) is 0 Å². The van der Waals surface area contributed by atoms with Gasteiger partial charge in [-0.15, -0.1) is 0 Å². The van der Waals surface area contributed by atoms with E-state index in [9.17, 15) is 0 Å². The molecule has 0 bridgehead atoms. The zero-order chi connectivity index (χ0) is 8.97. The molecule has 0 amide bonds. The van der Waals surface area contributed by atoms with Crippen molar-refractivity contribution in [1.82, 2.24) is 0 Å². The van der Waals surface area contributed by atoms with Crippen molar-refractivity contribution in [1.29, 1.82) is 0 Å². The lowest BCUT2D eigenvalue weighted by Gasteiger charge is -2.04. The summed E-state index contributed by atoms with van der Waals surface area (Å²) < 4.78 is 10.7. The van der Waals surface area contributed by atoms with E-state index in [1.807, 2.05) is 0 Å². The summed E-state index contributed by atoms with van der Waals surface area (Å²) >= 11 is 9.07. The molecule has 0 aliphatic rings. The lowest BCUT2D eigenvalue weighted by Crippen LogP contribution is -1.98. The van der Waals surface area contributed by atoms with Gasteiger partial charge in [0, 0.05) is 11.6 Å². The SMILES string of the molecule is COCOc1ccc(Cl)c(Br)c1. The maximum atomic E-state index is 5.78. The largest absolute Gasteiger partial charge is 0.468 e. The summed E-state index contributed by atoms with van der Waals surface area (Å²) in [5, 5.41) is 0.666. The Morgan fingerprint density at radius 2 is 2.25 bits per heavy atom. The molecule has 0 saturated carbocycles. The number of hydrogen-bond acceptors (Lipinski definition) is 2. The Labute approximate surface area is 84.6 Å². The Hall–Kier alpha value is -0.250. The normalized spacial score (nSPS) is 9.92. The molecule has 0 unspecified atom stereocenters. The van der Waals surface area contributed by atoms with E-state index in [0.29, 0.717) is 5.02 Å². The molecule has 1 rings (SSSR count). The number of methoxy groups -OCH3 is 1. The number of benzene rings is 1. The Morgan fingerprint density at radius 1 is 1.50 bits per heavy atom. The molecule has 1 aromatic carbocycles. The van der Waals surface area contributed by atoms with Gasteiger partial charge in [0.15, 0.2) is 6.79 Å². The van der Waals surface area contributed by atoms with Gasteiger partial charge in [0.1, 0.15) is 5.75 Å². The third kappa shape index (κ3) is 2.66. The van der Waals surface area contributed by atoms with Crippen molar-refractivity contribution in [3.8, 4) is 5.75 Å². The Kier molecular flexibility index (Phi) is 3.85. The molecule has 1 aromatic rings. The molecule has 0 aliphatic carbocycles. The lowest BCUT2D eigenvalue weighted by atomic mass is 10.3. The molecule has 0 aliphatic heterocycles. The standard InChI is InChI=1S/C8H8BrClO2/c1-11-5-12-6-2-3-8(10)7(9)4-6/h2-4H,5H2,1H3. The number of rotatable bonds is 3. The van der Waals surface area contributed by atoms with Crippen molar-refractivity contribution >= 4 is 27.5 Å². The van der Waals surface area contributed by atoms with Crippen LogP contribution in [0.25, 0.3) is 0 Å². The first-order chi connectivity index (χ1) is 5.74. The smallest absolute Gasteiger partial charge is 0.188 e. The van der Waals surface area contributed by atoms with Gasteiger partial charge in [-0.25, -0.2) is 0 Å². The number of hydrogen-bond donors (Lipinski definition) is 0. The molecule has 0 heterocycles. The summed E-state index contributed by atoms with van der Waals surface area (Å²) in [5.41, 5.74) is 0. The van der Waals surface area contributed by atoms with Crippen LogP contribution in [0.3, 0.4) is 0 Å². The second kappa shape index (κ2) is 4.70. The van der Waals surface area contributed by atoms with Gasteiger partial charge in [0.05, 0.1) is 5.02 Å². The van der Waals surface area contributed by atoms with Crippen molar-refractivity contribution in [2.75, 3.05) is 13.9 Å². The molecule has 4 heteroatoms. The van der Waals surface area contributed by atoms with E-state index in [1.165, 1.54) is 0 Å². The van der Waals surface area contributed by atoms with Crippen molar-refractivity contribution in [2.24, 2.45) is 0 Å². The van der Waals surface area contributed by atoms with Crippen LogP contribution in [0.5, 0.6) is 5.75 Å². The van der Waals surface area contributed by atoms with E-state index >= 15 is 0 Å². The Balaban J connectivity index is 2.69. The second-order valence-electron chi connectivity index (χ2n) is 2.13. The third-order valence-corrected chi connectivity index (χ3v) is 2.45. The molecule has 66 valence electrons. The van der Waals surface area contributed by atoms with Gasteiger partial charge < -0.3 is 9.47 Å². The van der Waals surface area contributed by atoms with Crippen LogP contribution in [-0.2, 0) is 4.74 Å². The molecular formula is C8H8BrClO2. The predicted octanol–water partition coefficient (Wildman–Crippen LogP) is 3.09. The summed E-state index contributed by atoms with van der Waals surface area (Å²) in [7, 11) is 1.57. The minimum absolute atomic E-state index is 0.244. The van der Waals surface area contributed by atoms with Crippen LogP contribution in [0.4, 0.5) is 0 Å². The van der Waals surface area contributed by atoms with Gasteiger partial charge in [0.2, 0.25) is 0 Å². The zero-order valence-corrected chi connectivity index (χ0v) is 8.85. The predicted molar refractivity (Wildman–Crippen MR) is 51.7 cm³/mol. The highest BCUT2D eigenvalue weighted by Crippen LogP contribution is 2.26. The van der Waals surface area contributed by atoms with Crippen LogP contribution >= 0.6 is 27.5 Å².